The maximum absolute atomic E-state index is 12.5. The predicted octanol–water partition coefficient (Wildman–Crippen LogP) is 5.10. The minimum atomic E-state index is -0.300. The molecule has 2 aromatic carbocycles. The van der Waals surface area contributed by atoms with Gasteiger partial charge in [-0.25, -0.2) is 0 Å². The second-order valence-electron chi connectivity index (χ2n) is 7.77. The number of phenolic OH excluding ortho intramolecular Hbond substituents is 1. The standard InChI is InChI=1S/C25H28O6/c26-22(21-13-12-20(17-23(21)27)31-25-6-2-4-16-29-25)14-9-18-7-10-19(11-8-18)30-24-5-1-3-15-28-24/h7-14,17,24-25,27H,1-6,15-16H2/b14-9+. The van der Waals surface area contributed by atoms with E-state index in [0.29, 0.717) is 12.4 Å². The Kier molecular flexibility index (Phi) is 7.22. The zero-order valence-corrected chi connectivity index (χ0v) is 17.5. The van der Waals surface area contributed by atoms with Crippen LogP contribution in [-0.2, 0) is 9.47 Å². The van der Waals surface area contributed by atoms with Crippen LogP contribution in [0.5, 0.6) is 17.2 Å². The summed E-state index contributed by atoms with van der Waals surface area (Å²) in [6.45, 7) is 1.42. The molecule has 2 aliphatic heterocycles. The van der Waals surface area contributed by atoms with E-state index in [1.807, 2.05) is 24.3 Å². The van der Waals surface area contributed by atoms with Gasteiger partial charge in [-0.05, 0) is 61.6 Å². The van der Waals surface area contributed by atoms with Crippen molar-refractivity contribution in [2.75, 3.05) is 13.2 Å². The van der Waals surface area contributed by atoms with Crippen LogP contribution < -0.4 is 9.47 Å². The van der Waals surface area contributed by atoms with Crippen LogP contribution in [0.4, 0.5) is 0 Å². The second kappa shape index (κ2) is 10.5. The molecule has 2 fully saturated rings. The average molecular weight is 424 g/mol. The molecule has 0 bridgehead atoms. The van der Waals surface area contributed by atoms with Crippen LogP contribution in [0.15, 0.2) is 48.5 Å². The van der Waals surface area contributed by atoms with Gasteiger partial charge < -0.3 is 24.1 Å². The van der Waals surface area contributed by atoms with Gasteiger partial charge in [-0.1, -0.05) is 18.2 Å². The average Bonchev–Trinajstić information content (AvgIpc) is 2.80. The summed E-state index contributed by atoms with van der Waals surface area (Å²) in [4.78, 5) is 12.5. The van der Waals surface area contributed by atoms with Gasteiger partial charge in [-0.3, -0.25) is 4.79 Å². The molecule has 2 aromatic rings. The summed E-state index contributed by atoms with van der Waals surface area (Å²) >= 11 is 0. The third-order valence-electron chi connectivity index (χ3n) is 5.35. The van der Waals surface area contributed by atoms with Crippen LogP contribution in [0.1, 0.15) is 54.4 Å². The molecule has 1 N–H and O–H groups in total. The van der Waals surface area contributed by atoms with E-state index >= 15 is 0 Å². The first kappa shape index (κ1) is 21.4. The number of allylic oxidation sites excluding steroid dienone is 1. The minimum Gasteiger partial charge on any atom is -0.507 e. The number of hydrogen-bond acceptors (Lipinski definition) is 6. The fourth-order valence-electron chi connectivity index (χ4n) is 3.62. The van der Waals surface area contributed by atoms with E-state index < -0.39 is 0 Å². The van der Waals surface area contributed by atoms with Crippen LogP contribution in [-0.4, -0.2) is 36.7 Å². The highest BCUT2D eigenvalue weighted by Crippen LogP contribution is 2.27. The molecule has 2 aliphatic rings. The Morgan fingerprint density at radius 2 is 1.48 bits per heavy atom. The van der Waals surface area contributed by atoms with Crippen molar-refractivity contribution < 1.29 is 28.8 Å². The van der Waals surface area contributed by atoms with E-state index in [-0.39, 0.29) is 29.7 Å². The largest absolute Gasteiger partial charge is 0.507 e. The first-order chi connectivity index (χ1) is 15.2. The highest BCUT2D eigenvalue weighted by atomic mass is 16.7. The molecule has 0 aromatic heterocycles. The van der Waals surface area contributed by atoms with Gasteiger partial charge in [0.25, 0.3) is 0 Å². The Labute approximate surface area is 182 Å². The summed E-state index contributed by atoms with van der Waals surface area (Å²) in [5.74, 6) is 0.834. The van der Waals surface area contributed by atoms with E-state index in [1.54, 1.807) is 18.2 Å². The number of phenols is 1. The van der Waals surface area contributed by atoms with Crippen molar-refractivity contribution in [3.8, 4) is 17.2 Å². The van der Waals surface area contributed by atoms with E-state index in [9.17, 15) is 9.90 Å². The molecular formula is C25H28O6. The minimum absolute atomic E-state index is 0.112. The first-order valence-corrected chi connectivity index (χ1v) is 10.9. The van der Waals surface area contributed by atoms with E-state index in [1.165, 1.54) is 12.1 Å². The van der Waals surface area contributed by atoms with Crippen molar-refractivity contribution >= 4 is 11.9 Å². The molecule has 2 atom stereocenters. The van der Waals surface area contributed by atoms with Gasteiger partial charge in [-0.2, -0.15) is 0 Å². The Balaban J connectivity index is 1.33. The highest BCUT2D eigenvalue weighted by molar-refractivity contribution is 6.08. The third kappa shape index (κ3) is 6.09. The lowest BCUT2D eigenvalue weighted by Crippen LogP contribution is -2.24. The summed E-state index contributed by atoms with van der Waals surface area (Å²) < 4.78 is 22.7. The number of rotatable bonds is 7. The number of aromatic hydroxyl groups is 1. The van der Waals surface area contributed by atoms with Crippen molar-refractivity contribution in [1.29, 1.82) is 0 Å². The fourth-order valence-corrected chi connectivity index (χ4v) is 3.62. The van der Waals surface area contributed by atoms with Crippen LogP contribution in [0, 0.1) is 0 Å². The van der Waals surface area contributed by atoms with Crippen LogP contribution in [0.3, 0.4) is 0 Å². The van der Waals surface area contributed by atoms with Crippen LogP contribution in [0.2, 0.25) is 0 Å². The van der Waals surface area contributed by atoms with Gasteiger partial charge in [-0.15, -0.1) is 0 Å². The van der Waals surface area contributed by atoms with E-state index in [0.717, 1.165) is 56.4 Å². The van der Waals surface area contributed by atoms with Gasteiger partial charge in [0.1, 0.15) is 17.2 Å². The number of carbonyl (C=O) groups excluding carboxylic acids is 1. The summed E-state index contributed by atoms with van der Waals surface area (Å²) in [7, 11) is 0. The molecule has 2 heterocycles. The molecule has 0 spiro atoms. The molecule has 6 heteroatoms. The van der Waals surface area contributed by atoms with Crippen molar-refractivity contribution in [1.82, 2.24) is 0 Å². The molecule has 0 amide bonds. The molecule has 0 saturated carbocycles. The Morgan fingerprint density at radius 3 is 2.06 bits per heavy atom. The monoisotopic (exact) mass is 424 g/mol. The zero-order valence-electron chi connectivity index (χ0n) is 17.5. The highest BCUT2D eigenvalue weighted by Gasteiger charge is 2.17. The van der Waals surface area contributed by atoms with Crippen molar-refractivity contribution in [2.45, 2.75) is 51.1 Å². The van der Waals surface area contributed by atoms with Crippen molar-refractivity contribution in [2.24, 2.45) is 0 Å². The number of benzene rings is 2. The Morgan fingerprint density at radius 1 is 0.871 bits per heavy atom. The van der Waals surface area contributed by atoms with Gasteiger partial charge in [0.2, 0.25) is 0 Å². The Hall–Kier alpha value is -2.83. The predicted molar refractivity (Wildman–Crippen MR) is 116 cm³/mol. The number of hydrogen-bond donors (Lipinski definition) is 1. The Bertz CT molecular complexity index is 893. The maximum Gasteiger partial charge on any atom is 0.199 e. The SMILES string of the molecule is O=C(/C=C/c1ccc(OC2CCCCO2)cc1)c1ccc(OC2CCCCO2)cc1O. The lowest BCUT2D eigenvalue weighted by Gasteiger charge is -2.23. The second-order valence-corrected chi connectivity index (χ2v) is 7.77. The molecule has 164 valence electrons. The number of ether oxygens (including phenoxy) is 4. The zero-order chi connectivity index (χ0) is 21.5. The van der Waals surface area contributed by atoms with Crippen LogP contribution in [0.25, 0.3) is 6.08 Å². The lowest BCUT2D eigenvalue weighted by atomic mass is 10.1. The topological polar surface area (TPSA) is 74.2 Å². The number of ketones is 1. The molecular weight excluding hydrogens is 396 g/mol. The molecule has 6 nitrogen and oxygen atoms in total. The molecule has 2 saturated heterocycles. The fraction of sp³-hybridized carbons (Fsp3) is 0.400. The normalized spacial score (nSPS) is 21.7. The van der Waals surface area contributed by atoms with Crippen LogP contribution >= 0.6 is 0 Å². The van der Waals surface area contributed by atoms with E-state index in [4.69, 9.17) is 18.9 Å². The molecule has 31 heavy (non-hydrogen) atoms. The third-order valence-corrected chi connectivity index (χ3v) is 5.35. The van der Waals surface area contributed by atoms with Gasteiger partial charge in [0.15, 0.2) is 18.4 Å². The van der Waals surface area contributed by atoms with Crippen molar-refractivity contribution in [3.63, 3.8) is 0 Å². The molecule has 0 radical (unpaired) electrons. The van der Waals surface area contributed by atoms with Gasteiger partial charge in [0.05, 0.1) is 18.8 Å². The first-order valence-electron chi connectivity index (χ1n) is 10.9. The smallest absolute Gasteiger partial charge is 0.199 e. The van der Waals surface area contributed by atoms with Gasteiger partial charge in [0, 0.05) is 18.9 Å². The lowest BCUT2D eigenvalue weighted by molar-refractivity contribution is -0.106. The van der Waals surface area contributed by atoms with Gasteiger partial charge >= 0.3 is 0 Å². The summed E-state index contributed by atoms with van der Waals surface area (Å²) in [6.07, 6.45) is 8.68. The summed E-state index contributed by atoms with van der Waals surface area (Å²) in [5.41, 5.74) is 1.08. The number of carbonyl (C=O) groups is 1. The summed E-state index contributed by atoms with van der Waals surface area (Å²) in [5, 5.41) is 10.3. The molecule has 4 rings (SSSR count). The molecule has 2 unspecified atom stereocenters. The molecule has 0 aliphatic carbocycles. The van der Waals surface area contributed by atoms with Crippen molar-refractivity contribution in [3.05, 3.63) is 59.7 Å². The van der Waals surface area contributed by atoms with E-state index in [2.05, 4.69) is 0 Å². The summed E-state index contributed by atoms with van der Waals surface area (Å²) in [6, 6.07) is 12.2. The maximum atomic E-state index is 12.5. The quantitative estimate of drug-likeness (QED) is 0.492.